The Kier molecular flexibility index (Phi) is 4.15. The molecule has 0 unspecified atom stereocenters. The Balaban J connectivity index is 0.00000110. The van der Waals surface area contributed by atoms with Crippen LogP contribution in [0.1, 0.15) is 1.43 Å². The summed E-state index contributed by atoms with van der Waals surface area (Å²) in [4.78, 5) is -0.239. The van der Waals surface area contributed by atoms with Crippen molar-refractivity contribution in [2.75, 3.05) is 0 Å². The molecule has 0 aromatic heterocycles. The fourth-order valence-corrected chi connectivity index (χ4v) is 3.45. The maximum absolute atomic E-state index is 11.5. The van der Waals surface area contributed by atoms with E-state index in [1.54, 1.807) is 12.1 Å². The molecule has 98 valence electrons. The van der Waals surface area contributed by atoms with Crippen molar-refractivity contribution in [3.63, 3.8) is 0 Å². The molecule has 0 aliphatic heterocycles. The van der Waals surface area contributed by atoms with Crippen molar-refractivity contribution in [2.24, 2.45) is 0 Å². The van der Waals surface area contributed by atoms with E-state index in [4.69, 9.17) is 11.6 Å². The van der Waals surface area contributed by atoms with Gasteiger partial charge in [0.15, 0.2) is 0 Å². The second-order valence-electron chi connectivity index (χ2n) is 4.27. The summed E-state index contributed by atoms with van der Waals surface area (Å²) < 4.78 is 32.3. The summed E-state index contributed by atoms with van der Waals surface area (Å²) in [5, 5.41) is 3.05. The van der Waals surface area contributed by atoms with Gasteiger partial charge in [-0.05, 0) is 34.4 Å². The summed E-state index contributed by atoms with van der Waals surface area (Å²) >= 11 is 5.90. The molecule has 1 N–H and O–H groups in total. The van der Waals surface area contributed by atoms with E-state index in [9.17, 15) is 13.0 Å². The van der Waals surface area contributed by atoms with Crippen LogP contribution >= 0.6 is 11.6 Å². The van der Waals surface area contributed by atoms with Gasteiger partial charge >= 0.3 is 18.9 Å². The Morgan fingerprint density at radius 2 is 1.55 bits per heavy atom. The summed E-state index contributed by atoms with van der Waals surface area (Å²) in [5.74, 6) is 0. The zero-order valence-corrected chi connectivity index (χ0v) is 12.2. The number of benzene rings is 3. The molecular formula is C14H10ClLiO3S. The molecule has 0 fully saturated rings. The molecule has 3 aromatic rings. The molecular weight excluding hydrogens is 291 g/mol. The molecule has 3 aromatic carbocycles. The number of halogens is 1. The van der Waals surface area contributed by atoms with Crippen LogP contribution in [0.4, 0.5) is 0 Å². The molecule has 0 amide bonds. The van der Waals surface area contributed by atoms with Crippen molar-refractivity contribution in [1.82, 2.24) is 0 Å². The van der Waals surface area contributed by atoms with Gasteiger partial charge in [0.2, 0.25) is 0 Å². The van der Waals surface area contributed by atoms with E-state index >= 15 is 0 Å². The third-order valence-corrected chi connectivity index (χ3v) is 4.43. The van der Waals surface area contributed by atoms with Crippen molar-refractivity contribution < 1.29 is 33.3 Å². The topological polar surface area (TPSA) is 54.4 Å². The average Bonchev–Trinajstić information content (AvgIpc) is 2.34. The Morgan fingerprint density at radius 1 is 0.950 bits per heavy atom. The maximum atomic E-state index is 11.5. The Labute approximate surface area is 135 Å². The largest absolute Gasteiger partial charge is 1.00 e. The van der Waals surface area contributed by atoms with Crippen molar-refractivity contribution in [3.05, 3.63) is 53.6 Å². The minimum atomic E-state index is -4.36. The smallest absolute Gasteiger partial charge is 1.00 e. The third-order valence-electron chi connectivity index (χ3n) is 3.05. The SMILES string of the molecule is O=S(=O)(O)c1c(Cl)ccc2cc3ccccc3cc12.[H-].[Li+]. The number of fused-ring (bicyclic) bond motifs is 2. The molecule has 0 heterocycles. The molecule has 0 aliphatic rings. The van der Waals surface area contributed by atoms with Crippen LogP contribution < -0.4 is 18.9 Å². The zero-order chi connectivity index (χ0) is 13.6. The van der Waals surface area contributed by atoms with Crippen LogP contribution in [0.2, 0.25) is 5.02 Å². The van der Waals surface area contributed by atoms with E-state index in [0.717, 1.165) is 16.2 Å². The predicted octanol–water partition coefficient (Wildman–Crippen LogP) is 1.01. The first-order chi connectivity index (χ1) is 8.97. The molecule has 0 atom stereocenters. The molecule has 0 saturated carbocycles. The Morgan fingerprint density at radius 3 is 2.15 bits per heavy atom. The van der Waals surface area contributed by atoms with Crippen LogP contribution in [0.15, 0.2) is 53.4 Å². The molecule has 3 nitrogen and oxygen atoms in total. The van der Waals surface area contributed by atoms with Crippen LogP contribution in [0.3, 0.4) is 0 Å². The van der Waals surface area contributed by atoms with E-state index in [2.05, 4.69) is 0 Å². The summed E-state index contributed by atoms with van der Waals surface area (Å²) in [6.07, 6.45) is 0. The molecule has 0 aliphatic carbocycles. The number of hydrogen-bond acceptors (Lipinski definition) is 2. The monoisotopic (exact) mass is 300 g/mol. The van der Waals surface area contributed by atoms with Crippen molar-refractivity contribution >= 4 is 43.3 Å². The van der Waals surface area contributed by atoms with Crippen LogP contribution in [-0.4, -0.2) is 13.0 Å². The summed E-state index contributed by atoms with van der Waals surface area (Å²) in [6.45, 7) is 0. The molecule has 0 spiro atoms. The second-order valence-corrected chi connectivity index (χ2v) is 6.04. The molecule has 6 heteroatoms. The molecule has 0 radical (unpaired) electrons. The van der Waals surface area contributed by atoms with Crippen molar-refractivity contribution in [1.29, 1.82) is 0 Å². The van der Waals surface area contributed by atoms with Crippen LogP contribution in [0, 0.1) is 0 Å². The second kappa shape index (κ2) is 5.40. The van der Waals surface area contributed by atoms with E-state index in [-0.39, 0.29) is 30.2 Å². The first-order valence-electron chi connectivity index (χ1n) is 5.55. The van der Waals surface area contributed by atoms with Gasteiger partial charge in [-0.2, -0.15) is 8.42 Å². The fraction of sp³-hybridized carbons (Fsp3) is 0. The molecule has 0 bridgehead atoms. The van der Waals surface area contributed by atoms with E-state index in [1.807, 2.05) is 30.3 Å². The van der Waals surface area contributed by atoms with Gasteiger partial charge in [0.25, 0.3) is 10.1 Å². The van der Waals surface area contributed by atoms with Gasteiger partial charge in [0.05, 0.1) is 5.02 Å². The molecule has 20 heavy (non-hydrogen) atoms. The van der Waals surface area contributed by atoms with Gasteiger partial charge in [-0.3, -0.25) is 4.55 Å². The molecule has 0 saturated heterocycles. The van der Waals surface area contributed by atoms with Gasteiger partial charge in [0.1, 0.15) is 4.90 Å². The average molecular weight is 301 g/mol. The first-order valence-corrected chi connectivity index (χ1v) is 7.37. The minimum Gasteiger partial charge on any atom is -1.00 e. The minimum absolute atomic E-state index is 0. The molecule has 3 rings (SSSR count). The fourth-order valence-electron chi connectivity index (χ4n) is 2.22. The summed E-state index contributed by atoms with van der Waals surface area (Å²) in [6, 6.07) is 14.4. The van der Waals surface area contributed by atoms with Gasteiger partial charge in [0, 0.05) is 5.39 Å². The van der Waals surface area contributed by atoms with E-state index in [1.165, 1.54) is 6.07 Å². The first kappa shape index (κ1) is 15.4. The summed E-state index contributed by atoms with van der Waals surface area (Å²) in [5.41, 5.74) is 0. The zero-order valence-electron chi connectivity index (χ0n) is 11.7. The third kappa shape index (κ3) is 2.58. The van der Waals surface area contributed by atoms with E-state index in [0.29, 0.717) is 5.39 Å². The standard InChI is InChI=1S/C14H9ClO3S.Li.H/c15-13-6-5-11-7-9-3-1-2-4-10(9)8-12(11)14(13)19(16,17)18;;/h1-8H,(H,16,17,18);;/q;+1;-1. The predicted molar refractivity (Wildman–Crippen MR) is 77.4 cm³/mol. The normalized spacial score (nSPS) is 11.5. The van der Waals surface area contributed by atoms with Crippen molar-refractivity contribution in [2.45, 2.75) is 4.90 Å². The Hall–Kier alpha value is -1.02. The van der Waals surface area contributed by atoms with Crippen LogP contribution in [0.5, 0.6) is 0 Å². The van der Waals surface area contributed by atoms with E-state index < -0.39 is 10.1 Å². The maximum Gasteiger partial charge on any atom is 1.00 e. The number of hydrogen-bond donors (Lipinski definition) is 1. The number of rotatable bonds is 1. The van der Waals surface area contributed by atoms with Gasteiger partial charge < -0.3 is 1.43 Å². The van der Waals surface area contributed by atoms with Gasteiger partial charge in [-0.1, -0.05) is 41.9 Å². The van der Waals surface area contributed by atoms with Gasteiger partial charge in [-0.25, -0.2) is 0 Å². The van der Waals surface area contributed by atoms with Gasteiger partial charge in [-0.15, -0.1) is 0 Å². The quantitative estimate of drug-likeness (QED) is 0.414. The summed E-state index contributed by atoms with van der Waals surface area (Å²) in [7, 11) is -4.36. The van der Waals surface area contributed by atoms with Crippen LogP contribution in [0.25, 0.3) is 21.5 Å². The van der Waals surface area contributed by atoms with Crippen LogP contribution in [-0.2, 0) is 10.1 Å². The van der Waals surface area contributed by atoms with Crippen molar-refractivity contribution in [3.8, 4) is 0 Å². The Bertz CT molecular complexity index is 913.